The zero-order valence-corrected chi connectivity index (χ0v) is 19.1. The van der Waals surface area contributed by atoms with E-state index < -0.39 is 29.2 Å². The van der Waals surface area contributed by atoms with E-state index in [0.29, 0.717) is 23.3 Å². The van der Waals surface area contributed by atoms with Crippen LogP contribution in [0.25, 0.3) is 0 Å². The molecule has 0 aromatic heterocycles. The Hall–Kier alpha value is -3.02. The van der Waals surface area contributed by atoms with Crippen LogP contribution in [0, 0.1) is 35.2 Å². The van der Waals surface area contributed by atoms with Crippen molar-refractivity contribution in [2.75, 3.05) is 6.61 Å². The van der Waals surface area contributed by atoms with Crippen molar-refractivity contribution >= 4 is 5.97 Å². The Morgan fingerprint density at radius 1 is 0.941 bits per heavy atom. The van der Waals surface area contributed by atoms with Gasteiger partial charge in [-0.3, -0.25) is 0 Å². The molecule has 0 bridgehead atoms. The van der Waals surface area contributed by atoms with Gasteiger partial charge in [0.1, 0.15) is 12.4 Å². The van der Waals surface area contributed by atoms with Gasteiger partial charge in [0.05, 0.1) is 5.56 Å². The summed E-state index contributed by atoms with van der Waals surface area (Å²) >= 11 is 0. The Morgan fingerprint density at radius 3 is 2.38 bits per heavy atom. The molecule has 2 aliphatic rings. The monoisotopic (exact) mass is 470 g/mol. The van der Waals surface area contributed by atoms with Crippen molar-refractivity contribution in [3.63, 3.8) is 0 Å². The molecule has 2 aliphatic carbocycles. The summed E-state index contributed by atoms with van der Waals surface area (Å²) in [7, 11) is 0. The number of carbonyl (C=O) groups is 1. The topological polar surface area (TPSA) is 35.5 Å². The molecule has 6 heteroatoms. The fourth-order valence-electron chi connectivity index (χ4n) is 5.42. The van der Waals surface area contributed by atoms with Crippen LogP contribution in [-0.4, -0.2) is 12.6 Å². The normalized spacial score (nSPS) is 24.1. The lowest BCUT2D eigenvalue weighted by Gasteiger charge is -2.41. The van der Waals surface area contributed by atoms with Gasteiger partial charge in [0, 0.05) is 0 Å². The molecule has 0 N–H and O–H groups in total. The van der Waals surface area contributed by atoms with Crippen LogP contribution in [0.5, 0.6) is 11.5 Å². The van der Waals surface area contributed by atoms with E-state index >= 15 is 4.39 Å². The number of halogens is 3. The van der Waals surface area contributed by atoms with E-state index in [1.165, 1.54) is 18.6 Å². The molecule has 2 aromatic carbocycles. The van der Waals surface area contributed by atoms with Crippen molar-refractivity contribution < 1.29 is 27.4 Å². The smallest absolute Gasteiger partial charge is 0.343 e. The van der Waals surface area contributed by atoms with E-state index in [1.54, 1.807) is 6.07 Å². The first-order chi connectivity index (χ1) is 16.4. The molecule has 4 unspecified atom stereocenters. The summed E-state index contributed by atoms with van der Waals surface area (Å²) in [5.74, 6) is -3.00. The Labute approximate surface area is 198 Å². The third-order valence-electron chi connectivity index (χ3n) is 7.23. The Morgan fingerprint density at radius 2 is 1.65 bits per heavy atom. The summed E-state index contributed by atoms with van der Waals surface area (Å²) in [5, 5.41) is 0. The van der Waals surface area contributed by atoms with Crippen LogP contribution in [0.4, 0.5) is 13.2 Å². The first kappa shape index (κ1) is 24.1. The second-order valence-corrected chi connectivity index (χ2v) is 9.25. The van der Waals surface area contributed by atoms with Crippen molar-refractivity contribution in [2.24, 2.45) is 17.8 Å². The molecule has 0 saturated heterocycles. The summed E-state index contributed by atoms with van der Waals surface area (Å²) in [4.78, 5) is 12.5. The summed E-state index contributed by atoms with van der Waals surface area (Å²) in [5.41, 5.74) is 0.537. The van der Waals surface area contributed by atoms with E-state index in [-0.39, 0.29) is 23.8 Å². The fourth-order valence-corrected chi connectivity index (χ4v) is 5.42. The molecule has 4 atom stereocenters. The molecule has 0 heterocycles. The maximum Gasteiger partial charge on any atom is 0.343 e. The summed E-state index contributed by atoms with van der Waals surface area (Å²) in [6.07, 6.45) is 9.84. The highest BCUT2D eigenvalue weighted by Crippen LogP contribution is 2.48. The number of benzene rings is 2. The first-order valence-electron chi connectivity index (χ1n) is 11.8. The van der Waals surface area contributed by atoms with Crippen molar-refractivity contribution in [2.45, 2.75) is 44.4 Å². The zero-order chi connectivity index (χ0) is 24.2. The van der Waals surface area contributed by atoms with Crippen LogP contribution in [0.3, 0.4) is 0 Å². The van der Waals surface area contributed by atoms with Gasteiger partial charge >= 0.3 is 5.97 Å². The Balaban J connectivity index is 1.43. The number of esters is 1. The lowest BCUT2D eigenvalue weighted by atomic mass is 9.64. The SMILES string of the molecule is C=CCOc1ccc(OC(=O)c2ccc(C3CCC4CC(C=C)CCC4C3)c(F)c2)c(F)c1F. The minimum absolute atomic E-state index is 0.00113. The van der Waals surface area contributed by atoms with E-state index in [4.69, 9.17) is 9.47 Å². The molecule has 180 valence electrons. The molecular formula is C28H29F3O3. The van der Waals surface area contributed by atoms with E-state index in [2.05, 4.69) is 19.2 Å². The van der Waals surface area contributed by atoms with E-state index in [9.17, 15) is 13.6 Å². The minimum Gasteiger partial charge on any atom is -0.486 e. The molecule has 34 heavy (non-hydrogen) atoms. The number of hydrogen-bond donors (Lipinski definition) is 0. The zero-order valence-electron chi connectivity index (χ0n) is 19.1. The Bertz CT molecular complexity index is 1080. The highest BCUT2D eigenvalue weighted by molar-refractivity contribution is 5.91. The van der Waals surface area contributed by atoms with E-state index in [0.717, 1.165) is 50.3 Å². The largest absolute Gasteiger partial charge is 0.486 e. The van der Waals surface area contributed by atoms with Gasteiger partial charge in [0.15, 0.2) is 11.5 Å². The maximum atomic E-state index is 15.0. The van der Waals surface area contributed by atoms with Crippen molar-refractivity contribution in [3.05, 3.63) is 84.2 Å². The van der Waals surface area contributed by atoms with E-state index in [1.807, 2.05) is 0 Å². The van der Waals surface area contributed by atoms with Gasteiger partial charge in [0.2, 0.25) is 11.6 Å². The average Bonchev–Trinajstić information content (AvgIpc) is 2.85. The van der Waals surface area contributed by atoms with Crippen LogP contribution in [0.2, 0.25) is 0 Å². The first-order valence-corrected chi connectivity index (χ1v) is 11.8. The van der Waals surface area contributed by atoms with Gasteiger partial charge in [-0.15, -0.1) is 6.58 Å². The number of rotatable bonds is 7. The lowest BCUT2D eigenvalue weighted by molar-refractivity contribution is 0.0725. The van der Waals surface area contributed by atoms with Crippen molar-refractivity contribution in [3.8, 4) is 11.5 Å². The van der Waals surface area contributed by atoms with Gasteiger partial charge in [-0.2, -0.15) is 8.78 Å². The molecule has 0 radical (unpaired) electrons. The van der Waals surface area contributed by atoms with Crippen LogP contribution >= 0.6 is 0 Å². The van der Waals surface area contributed by atoms with Gasteiger partial charge in [0.25, 0.3) is 0 Å². The molecule has 2 fully saturated rings. The third kappa shape index (κ3) is 5.06. The Kier molecular flexibility index (Phi) is 7.44. The van der Waals surface area contributed by atoms with Crippen molar-refractivity contribution in [1.82, 2.24) is 0 Å². The second-order valence-electron chi connectivity index (χ2n) is 9.25. The number of ether oxygens (including phenoxy) is 2. The summed E-state index contributed by atoms with van der Waals surface area (Å²) in [6, 6.07) is 6.48. The van der Waals surface area contributed by atoms with Gasteiger partial charge in [-0.05, 0) is 92.0 Å². The third-order valence-corrected chi connectivity index (χ3v) is 7.23. The predicted molar refractivity (Wildman–Crippen MR) is 125 cm³/mol. The molecule has 0 amide bonds. The van der Waals surface area contributed by atoms with Crippen LogP contribution in [0.15, 0.2) is 55.6 Å². The van der Waals surface area contributed by atoms with Gasteiger partial charge in [-0.1, -0.05) is 24.8 Å². The van der Waals surface area contributed by atoms with Crippen LogP contribution in [0.1, 0.15) is 60.4 Å². The second kappa shape index (κ2) is 10.5. The standard InChI is InChI=1S/C28H29F3O3/c1-3-13-33-24-11-12-25(27(31)26(24)30)34-28(32)21-9-10-22(23(29)16-21)20-8-7-18-14-17(4-2)5-6-19(18)15-20/h3-4,9-12,16-20H,1-2,5-8,13-15H2. The molecule has 2 saturated carbocycles. The fraction of sp³-hybridized carbons (Fsp3) is 0.393. The number of fused-ring (bicyclic) bond motifs is 1. The predicted octanol–water partition coefficient (Wildman–Crippen LogP) is 7.37. The minimum atomic E-state index is -1.35. The van der Waals surface area contributed by atoms with Gasteiger partial charge < -0.3 is 9.47 Å². The lowest BCUT2D eigenvalue weighted by Crippen LogP contribution is -2.30. The highest BCUT2D eigenvalue weighted by Gasteiger charge is 2.36. The van der Waals surface area contributed by atoms with Crippen LogP contribution < -0.4 is 9.47 Å². The highest BCUT2D eigenvalue weighted by atomic mass is 19.2. The molecule has 2 aromatic rings. The molecule has 0 spiro atoms. The number of carbonyl (C=O) groups excluding carboxylic acids is 1. The summed E-state index contributed by atoms with van der Waals surface area (Å²) < 4.78 is 53.5. The molecule has 0 aliphatic heterocycles. The average molecular weight is 471 g/mol. The molecular weight excluding hydrogens is 441 g/mol. The van der Waals surface area contributed by atoms with Crippen LogP contribution in [-0.2, 0) is 0 Å². The summed E-state index contributed by atoms with van der Waals surface area (Å²) in [6.45, 7) is 7.37. The van der Waals surface area contributed by atoms with Gasteiger partial charge in [-0.25, -0.2) is 9.18 Å². The molecule has 4 rings (SSSR count). The molecule has 3 nitrogen and oxygen atoms in total. The van der Waals surface area contributed by atoms with Crippen molar-refractivity contribution in [1.29, 1.82) is 0 Å². The quantitative estimate of drug-likeness (QED) is 0.241. The number of allylic oxidation sites excluding steroid dienone is 1. The maximum absolute atomic E-state index is 15.0. The number of hydrogen-bond acceptors (Lipinski definition) is 3.